The van der Waals surface area contributed by atoms with Crippen molar-refractivity contribution in [3.8, 4) is 5.75 Å². The first-order valence-electron chi connectivity index (χ1n) is 8.24. The molecule has 0 heterocycles. The zero-order chi connectivity index (χ0) is 19.1. The average molecular weight is 364 g/mol. The summed E-state index contributed by atoms with van der Waals surface area (Å²) in [5, 5.41) is 2.09. The van der Waals surface area contributed by atoms with E-state index in [0.717, 1.165) is 10.8 Å². The number of hydrazine groups is 1. The Kier molecular flexibility index (Phi) is 5.79. The minimum atomic E-state index is -0.515. The highest BCUT2D eigenvalue weighted by Crippen LogP contribution is 2.20. The van der Waals surface area contributed by atoms with Gasteiger partial charge in [-0.15, -0.1) is 0 Å². The van der Waals surface area contributed by atoms with Crippen LogP contribution >= 0.6 is 0 Å². The van der Waals surface area contributed by atoms with Crippen LogP contribution in [-0.4, -0.2) is 18.4 Å². The van der Waals surface area contributed by atoms with Crippen molar-refractivity contribution in [1.29, 1.82) is 0 Å². The standard InChI is InChI=1S/C21H17FN2O3/c22-18-9-5-15(6-10-18)7-12-20(25)23-24-21(26)14-27-19-11-8-16-3-1-2-4-17(16)13-19/h1-13H,14H2,(H,23,25)(H,24,26). The summed E-state index contributed by atoms with van der Waals surface area (Å²) in [6, 6.07) is 19.0. The van der Waals surface area contributed by atoms with E-state index in [1.165, 1.54) is 36.4 Å². The van der Waals surface area contributed by atoms with Crippen molar-refractivity contribution in [3.05, 3.63) is 84.2 Å². The second kappa shape index (κ2) is 8.62. The van der Waals surface area contributed by atoms with Crippen molar-refractivity contribution >= 4 is 28.7 Å². The van der Waals surface area contributed by atoms with Crippen LogP contribution in [-0.2, 0) is 9.59 Å². The zero-order valence-electron chi connectivity index (χ0n) is 14.3. The van der Waals surface area contributed by atoms with E-state index in [9.17, 15) is 14.0 Å². The van der Waals surface area contributed by atoms with Crippen LogP contribution in [0.1, 0.15) is 5.56 Å². The molecule has 136 valence electrons. The van der Waals surface area contributed by atoms with Gasteiger partial charge in [0.15, 0.2) is 6.61 Å². The van der Waals surface area contributed by atoms with Crippen molar-refractivity contribution in [3.63, 3.8) is 0 Å². The van der Waals surface area contributed by atoms with E-state index in [1.54, 1.807) is 6.07 Å². The van der Waals surface area contributed by atoms with Crippen molar-refractivity contribution in [2.24, 2.45) is 0 Å². The van der Waals surface area contributed by atoms with Crippen LogP contribution in [0.3, 0.4) is 0 Å². The zero-order valence-corrected chi connectivity index (χ0v) is 14.3. The van der Waals surface area contributed by atoms with Crippen molar-refractivity contribution in [2.75, 3.05) is 6.61 Å². The molecule has 0 aliphatic carbocycles. The molecule has 0 saturated carbocycles. The maximum absolute atomic E-state index is 12.8. The first-order chi connectivity index (χ1) is 13.1. The average Bonchev–Trinajstić information content (AvgIpc) is 2.70. The van der Waals surface area contributed by atoms with Gasteiger partial charge in [-0.25, -0.2) is 4.39 Å². The number of carbonyl (C=O) groups excluding carboxylic acids is 2. The van der Waals surface area contributed by atoms with E-state index in [4.69, 9.17) is 4.74 Å². The predicted octanol–water partition coefficient (Wildman–Crippen LogP) is 3.22. The Morgan fingerprint density at radius 1 is 0.926 bits per heavy atom. The van der Waals surface area contributed by atoms with Gasteiger partial charge in [-0.1, -0.05) is 42.5 Å². The summed E-state index contributed by atoms with van der Waals surface area (Å²) in [7, 11) is 0. The van der Waals surface area contributed by atoms with E-state index in [1.807, 2.05) is 36.4 Å². The molecule has 0 aliphatic heterocycles. The van der Waals surface area contributed by atoms with Crippen molar-refractivity contribution in [1.82, 2.24) is 10.9 Å². The Hall–Kier alpha value is -3.67. The summed E-state index contributed by atoms with van der Waals surface area (Å²) in [5.74, 6) is -0.799. The molecule has 5 nitrogen and oxygen atoms in total. The van der Waals surface area contributed by atoms with Crippen LogP contribution in [0.15, 0.2) is 72.8 Å². The summed E-state index contributed by atoms with van der Waals surface area (Å²) < 4.78 is 18.2. The van der Waals surface area contributed by atoms with Crippen molar-refractivity contribution < 1.29 is 18.7 Å². The van der Waals surface area contributed by atoms with Gasteiger partial charge >= 0.3 is 0 Å². The molecule has 6 heteroatoms. The van der Waals surface area contributed by atoms with Crippen LogP contribution in [0.4, 0.5) is 4.39 Å². The number of ether oxygens (including phenoxy) is 1. The topological polar surface area (TPSA) is 67.4 Å². The van der Waals surface area contributed by atoms with Crippen LogP contribution in [0.25, 0.3) is 16.8 Å². The molecule has 0 bridgehead atoms. The molecule has 3 aromatic carbocycles. The number of fused-ring (bicyclic) bond motifs is 1. The van der Waals surface area contributed by atoms with E-state index in [2.05, 4.69) is 10.9 Å². The Morgan fingerprint density at radius 3 is 2.44 bits per heavy atom. The smallest absolute Gasteiger partial charge is 0.276 e. The lowest BCUT2D eigenvalue weighted by Crippen LogP contribution is -2.43. The molecule has 0 aliphatic rings. The number of benzene rings is 3. The molecule has 0 spiro atoms. The molecule has 0 aromatic heterocycles. The number of carbonyl (C=O) groups is 2. The minimum Gasteiger partial charge on any atom is -0.484 e. The summed E-state index contributed by atoms with van der Waals surface area (Å²) in [4.78, 5) is 23.5. The second-order valence-electron chi connectivity index (χ2n) is 5.72. The largest absolute Gasteiger partial charge is 0.484 e. The first-order valence-corrected chi connectivity index (χ1v) is 8.24. The molecule has 3 rings (SSSR count). The Balaban J connectivity index is 1.44. The van der Waals surface area contributed by atoms with Crippen molar-refractivity contribution in [2.45, 2.75) is 0 Å². The maximum atomic E-state index is 12.8. The monoisotopic (exact) mass is 364 g/mol. The number of halogens is 1. The lowest BCUT2D eigenvalue weighted by atomic mass is 10.1. The van der Waals surface area contributed by atoms with Crippen LogP contribution in [0, 0.1) is 5.82 Å². The van der Waals surface area contributed by atoms with Gasteiger partial charge in [-0.2, -0.15) is 0 Å². The van der Waals surface area contributed by atoms with Gasteiger partial charge in [0.25, 0.3) is 11.8 Å². The molecule has 27 heavy (non-hydrogen) atoms. The molecule has 0 radical (unpaired) electrons. The summed E-state index contributed by atoms with van der Waals surface area (Å²) in [5.41, 5.74) is 5.18. The molecule has 0 atom stereocenters. The number of rotatable bonds is 5. The third kappa shape index (κ3) is 5.40. The molecule has 0 fully saturated rings. The second-order valence-corrected chi connectivity index (χ2v) is 5.72. The fourth-order valence-corrected chi connectivity index (χ4v) is 2.36. The molecular formula is C21H17FN2O3. The van der Waals surface area contributed by atoms with E-state index in [0.29, 0.717) is 11.3 Å². The third-order valence-electron chi connectivity index (χ3n) is 3.71. The predicted molar refractivity (Wildman–Crippen MR) is 101 cm³/mol. The highest BCUT2D eigenvalue weighted by atomic mass is 19.1. The van der Waals surface area contributed by atoms with Gasteiger partial charge < -0.3 is 4.74 Å². The molecular weight excluding hydrogens is 347 g/mol. The maximum Gasteiger partial charge on any atom is 0.276 e. The fourth-order valence-electron chi connectivity index (χ4n) is 2.36. The fraction of sp³-hybridized carbons (Fsp3) is 0.0476. The lowest BCUT2D eigenvalue weighted by molar-refractivity contribution is -0.128. The third-order valence-corrected chi connectivity index (χ3v) is 3.71. The van der Waals surface area contributed by atoms with E-state index in [-0.39, 0.29) is 12.4 Å². The van der Waals surface area contributed by atoms with Gasteiger partial charge in [-0.05, 0) is 46.7 Å². The quantitative estimate of drug-likeness (QED) is 0.540. The first kappa shape index (κ1) is 18.1. The van der Waals surface area contributed by atoms with Crippen LogP contribution < -0.4 is 15.6 Å². The normalized spacial score (nSPS) is 10.7. The number of hydrogen-bond acceptors (Lipinski definition) is 3. The highest BCUT2D eigenvalue weighted by molar-refractivity contribution is 5.93. The Labute approximate surface area is 155 Å². The summed E-state index contributed by atoms with van der Waals surface area (Å²) in [6.45, 7) is -0.236. The molecule has 0 unspecified atom stereocenters. The molecule has 3 aromatic rings. The van der Waals surface area contributed by atoms with Gasteiger partial charge in [-0.3, -0.25) is 20.4 Å². The van der Waals surface area contributed by atoms with Gasteiger partial charge in [0, 0.05) is 6.08 Å². The van der Waals surface area contributed by atoms with E-state index < -0.39 is 11.8 Å². The van der Waals surface area contributed by atoms with E-state index >= 15 is 0 Å². The number of hydrogen-bond donors (Lipinski definition) is 2. The lowest BCUT2D eigenvalue weighted by Gasteiger charge is -2.08. The van der Waals surface area contributed by atoms with Gasteiger partial charge in [0.2, 0.25) is 0 Å². The van der Waals surface area contributed by atoms with Gasteiger partial charge in [0.05, 0.1) is 0 Å². The van der Waals surface area contributed by atoms with Crippen LogP contribution in [0.5, 0.6) is 5.75 Å². The molecule has 0 saturated heterocycles. The Morgan fingerprint density at radius 2 is 1.67 bits per heavy atom. The van der Waals surface area contributed by atoms with Crippen LogP contribution in [0.2, 0.25) is 0 Å². The highest BCUT2D eigenvalue weighted by Gasteiger charge is 2.04. The molecule has 2 N–H and O–H groups in total. The molecule has 2 amide bonds. The van der Waals surface area contributed by atoms with Gasteiger partial charge in [0.1, 0.15) is 11.6 Å². The minimum absolute atomic E-state index is 0.236. The number of amides is 2. The summed E-state index contributed by atoms with van der Waals surface area (Å²) in [6.07, 6.45) is 2.74. The SMILES string of the molecule is O=C(C=Cc1ccc(F)cc1)NNC(=O)COc1ccc2ccccc2c1. The number of nitrogens with one attached hydrogen (secondary N) is 2. The summed E-state index contributed by atoms with van der Waals surface area (Å²) >= 11 is 0. The Bertz CT molecular complexity index is 984.